The molecule has 0 saturated carbocycles. The molecule has 2 amide bonds. The molecule has 0 saturated heterocycles. The van der Waals surface area contributed by atoms with Crippen LogP contribution < -0.4 is 10.6 Å². The van der Waals surface area contributed by atoms with Crippen molar-refractivity contribution >= 4 is 22.9 Å². The molecule has 1 heterocycles. The molecule has 0 aliphatic carbocycles. The zero-order valence-corrected chi connectivity index (χ0v) is 17.9. The van der Waals surface area contributed by atoms with Crippen molar-refractivity contribution in [3.05, 3.63) is 65.9 Å². The first kappa shape index (κ1) is 21.3. The number of hydrogen-bond donors (Lipinski definition) is 2. The fourth-order valence-electron chi connectivity index (χ4n) is 3.35. The van der Waals surface area contributed by atoms with Gasteiger partial charge in [-0.25, -0.2) is 9.78 Å². The van der Waals surface area contributed by atoms with Gasteiger partial charge in [0.25, 0.3) is 5.91 Å². The molecule has 0 aliphatic heterocycles. The van der Waals surface area contributed by atoms with Gasteiger partial charge in [0.1, 0.15) is 5.60 Å². The number of nitrogens with one attached hydrogen (secondary N) is 2. The minimum Gasteiger partial charge on any atom is -0.444 e. The van der Waals surface area contributed by atoms with E-state index in [0.717, 1.165) is 10.9 Å². The average molecular weight is 405 g/mol. The molecule has 0 spiro atoms. The average Bonchev–Trinajstić information content (AvgIpc) is 2.70. The third-order valence-electron chi connectivity index (χ3n) is 4.58. The minimum absolute atomic E-state index is 0.210. The molecule has 2 aromatic carbocycles. The Morgan fingerprint density at radius 3 is 2.27 bits per heavy atom. The van der Waals surface area contributed by atoms with E-state index >= 15 is 0 Å². The minimum atomic E-state index is -0.615. The zero-order chi connectivity index (χ0) is 21.9. The van der Waals surface area contributed by atoms with Gasteiger partial charge in [-0.3, -0.25) is 4.79 Å². The lowest BCUT2D eigenvalue weighted by atomic mass is 9.91. The van der Waals surface area contributed by atoms with Crippen LogP contribution in [-0.2, 0) is 4.74 Å². The molecule has 0 fully saturated rings. The molecule has 0 bridgehead atoms. The monoisotopic (exact) mass is 405 g/mol. The number of alkyl carbamates (subject to hydrolysis) is 1. The summed E-state index contributed by atoms with van der Waals surface area (Å²) in [5.41, 5.74) is 2.74. The van der Waals surface area contributed by atoms with Gasteiger partial charge in [-0.05, 0) is 39.3 Å². The number of pyridine rings is 1. The molecular weight excluding hydrogens is 378 g/mol. The van der Waals surface area contributed by atoms with Crippen LogP contribution in [0.15, 0.2) is 54.6 Å². The van der Waals surface area contributed by atoms with Gasteiger partial charge in [0.05, 0.1) is 22.8 Å². The van der Waals surface area contributed by atoms with E-state index in [0.29, 0.717) is 22.3 Å². The van der Waals surface area contributed by atoms with Gasteiger partial charge in [-0.1, -0.05) is 48.5 Å². The van der Waals surface area contributed by atoms with Crippen LogP contribution in [0.2, 0.25) is 0 Å². The van der Waals surface area contributed by atoms with Crippen molar-refractivity contribution in [2.45, 2.75) is 39.3 Å². The van der Waals surface area contributed by atoms with Gasteiger partial charge in [-0.2, -0.15) is 0 Å². The van der Waals surface area contributed by atoms with Crippen LogP contribution in [0, 0.1) is 0 Å². The summed E-state index contributed by atoms with van der Waals surface area (Å²) in [4.78, 5) is 30.2. The van der Waals surface area contributed by atoms with Gasteiger partial charge in [0, 0.05) is 18.0 Å². The SMILES string of the molecule is CNC(=O)c1c(-c2ccccc2)c(C(C)NC(=O)OC(C)(C)C)nc2ccccc12. The Kier molecular flexibility index (Phi) is 6.06. The lowest BCUT2D eigenvalue weighted by molar-refractivity contribution is 0.0507. The number of hydrogen-bond acceptors (Lipinski definition) is 4. The molecule has 1 aromatic heterocycles. The summed E-state index contributed by atoms with van der Waals surface area (Å²) in [6.07, 6.45) is -0.537. The van der Waals surface area contributed by atoms with Gasteiger partial charge in [0.2, 0.25) is 0 Å². The Hall–Kier alpha value is -3.41. The van der Waals surface area contributed by atoms with E-state index in [1.54, 1.807) is 7.05 Å². The van der Waals surface area contributed by atoms with E-state index in [9.17, 15) is 9.59 Å². The largest absolute Gasteiger partial charge is 0.444 e. The molecule has 0 radical (unpaired) electrons. The number of nitrogens with zero attached hydrogens (tertiary/aromatic N) is 1. The zero-order valence-electron chi connectivity index (χ0n) is 17.9. The fraction of sp³-hybridized carbons (Fsp3) is 0.292. The summed E-state index contributed by atoms with van der Waals surface area (Å²) in [7, 11) is 1.61. The van der Waals surface area contributed by atoms with E-state index in [4.69, 9.17) is 9.72 Å². The van der Waals surface area contributed by atoms with Crippen LogP contribution in [-0.4, -0.2) is 29.6 Å². The maximum Gasteiger partial charge on any atom is 0.408 e. The first-order valence-electron chi connectivity index (χ1n) is 9.91. The second-order valence-corrected chi connectivity index (χ2v) is 8.08. The number of benzene rings is 2. The Morgan fingerprint density at radius 2 is 1.63 bits per heavy atom. The predicted octanol–water partition coefficient (Wildman–Crippen LogP) is 4.85. The number of para-hydroxylation sites is 1. The van der Waals surface area contributed by atoms with Crippen molar-refractivity contribution in [2.24, 2.45) is 0 Å². The summed E-state index contributed by atoms with van der Waals surface area (Å²) in [6, 6.07) is 16.6. The molecule has 6 nitrogen and oxygen atoms in total. The molecule has 3 aromatic rings. The number of fused-ring (bicyclic) bond motifs is 1. The maximum atomic E-state index is 13.0. The quantitative estimate of drug-likeness (QED) is 0.650. The summed E-state index contributed by atoms with van der Waals surface area (Å²) >= 11 is 0. The fourth-order valence-corrected chi connectivity index (χ4v) is 3.35. The Balaban J connectivity index is 2.22. The van der Waals surface area contributed by atoms with Crippen molar-refractivity contribution in [2.75, 3.05) is 7.05 Å². The highest BCUT2D eigenvalue weighted by Crippen LogP contribution is 2.35. The number of carbonyl (C=O) groups is 2. The number of ether oxygens (including phenoxy) is 1. The molecule has 2 N–H and O–H groups in total. The summed E-state index contributed by atoms with van der Waals surface area (Å²) in [5.74, 6) is -0.210. The highest BCUT2D eigenvalue weighted by Gasteiger charge is 2.26. The smallest absolute Gasteiger partial charge is 0.408 e. The van der Waals surface area contributed by atoms with E-state index in [2.05, 4.69) is 10.6 Å². The van der Waals surface area contributed by atoms with Gasteiger partial charge in [-0.15, -0.1) is 0 Å². The van der Waals surface area contributed by atoms with Crippen LogP contribution in [0.5, 0.6) is 0 Å². The number of carbonyl (C=O) groups excluding carboxylic acids is 2. The summed E-state index contributed by atoms with van der Waals surface area (Å²) in [6.45, 7) is 7.26. The standard InChI is InChI=1S/C24H27N3O3/c1-15(26-23(29)30-24(2,3)4)21-19(16-11-7-6-8-12-16)20(22(28)25-5)17-13-9-10-14-18(17)27-21/h6-15H,1-5H3,(H,25,28)(H,26,29). The molecule has 1 atom stereocenters. The first-order valence-corrected chi connectivity index (χ1v) is 9.91. The van der Waals surface area contributed by atoms with Crippen molar-refractivity contribution in [3.8, 4) is 11.1 Å². The number of rotatable bonds is 4. The molecule has 6 heteroatoms. The lowest BCUT2D eigenvalue weighted by Crippen LogP contribution is -2.34. The third-order valence-corrected chi connectivity index (χ3v) is 4.58. The van der Waals surface area contributed by atoms with E-state index in [1.807, 2.05) is 82.3 Å². The molecule has 0 aliphatic rings. The number of amides is 2. The Morgan fingerprint density at radius 1 is 1.00 bits per heavy atom. The van der Waals surface area contributed by atoms with Crippen LogP contribution >= 0.6 is 0 Å². The second-order valence-electron chi connectivity index (χ2n) is 8.08. The predicted molar refractivity (Wildman–Crippen MR) is 118 cm³/mol. The maximum absolute atomic E-state index is 13.0. The van der Waals surface area contributed by atoms with Crippen LogP contribution in [0.1, 0.15) is 49.8 Å². The third kappa shape index (κ3) is 4.59. The van der Waals surface area contributed by atoms with Crippen molar-refractivity contribution in [1.29, 1.82) is 0 Å². The lowest BCUT2D eigenvalue weighted by Gasteiger charge is -2.24. The first-order chi connectivity index (χ1) is 14.2. The van der Waals surface area contributed by atoms with Crippen LogP contribution in [0.4, 0.5) is 4.79 Å². The molecule has 3 rings (SSSR count). The van der Waals surface area contributed by atoms with Gasteiger partial charge in [0.15, 0.2) is 0 Å². The normalized spacial score (nSPS) is 12.3. The Labute approximate surface area is 176 Å². The van der Waals surface area contributed by atoms with Crippen LogP contribution in [0.3, 0.4) is 0 Å². The molecule has 30 heavy (non-hydrogen) atoms. The van der Waals surface area contributed by atoms with E-state index in [1.165, 1.54) is 0 Å². The van der Waals surface area contributed by atoms with Gasteiger partial charge < -0.3 is 15.4 Å². The van der Waals surface area contributed by atoms with Crippen molar-refractivity contribution < 1.29 is 14.3 Å². The summed E-state index contributed by atoms with van der Waals surface area (Å²) in [5, 5.41) is 6.35. The molecular formula is C24H27N3O3. The second kappa shape index (κ2) is 8.53. The van der Waals surface area contributed by atoms with Crippen LogP contribution in [0.25, 0.3) is 22.0 Å². The molecule has 156 valence electrons. The topological polar surface area (TPSA) is 80.3 Å². The summed E-state index contributed by atoms with van der Waals surface area (Å²) < 4.78 is 5.40. The van der Waals surface area contributed by atoms with Crippen molar-refractivity contribution in [3.63, 3.8) is 0 Å². The highest BCUT2D eigenvalue weighted by molar-refractivity contribution is 6.12. The van der Waals surface area contributed by atoms with E-state index in [-0.39, 0.29) is 5.91 Å². The Bertz CT molecular complexity index is 1070. The van der Waals surface area contributed by atoms with Crippen molar-refractivity contribution in [1.82, 2.24) is 15.6 Å². The highest BCUT2D eigenvalue weighted by atomic mass is 16.6. The van der Waals surface area contributed by atoms with Gasteiger partial charge >= 0.3 is 6.09 Å². The number of aromatic nitrogens is 1. The van der Waals surface area contributed by atoms with E-state index < -0.39 is 17.7 Å². The molecule has 1 unspecified atom stereocenters.